The minimum atomic E-state index is -0.378. The lowest BCUT2D eigenvalue weighted by Crippen LogP contribution is -2.25. The van der Waals surface area contributed by atoms with Crippen molar-refractivity contribution in [3.05, 3.63) is 113 Å². The van der Waals surface area contributed by atoms with Gasteiger partial charge in [0.1, 0.15) is 0 Å². The van der Waals surface area contributed by atoms with Gasteiger partial charge in [-0.2, -0.15) is 5.10 Å². The number of anilines is 1. The highest BCUT2D eigenvalue weighted by molar-refractivity contribution is 7.14. The minimum absolute atomic E-state index is 0.122. The van der Waals surface area contributed by atoms with Gasteiger partial charge in [-0.25, -0.2) is 4.98 Å². The monoisotopic (exact) mass is 497 g/mol. The molecular weight excluding hydrogens is 474 g/mol. The van der Waals surface area contributed by atoms with E-state index in [0.29, 0.717) is 17.4 Å². The van der Waals surface area contributed by atoms with Crippen LogP contribution in [0.1, 0.15) is 27.4 Å². The highest BCUT2D eigenvalue weighted by Crippen LogP contribution is 2.24. The lowest BCUT2D eigenvalue weighted by atomic mass is 9.98. The number of furan rings is 1. The Bertz CT molecular complexity index is 1440. The van der Waals surface area contributed by atoms with Crippen molar-refractivity contribution in [3.8, 4) is 11.1 Å². The Morgan fingerprint density at radius 2 is 1.86 bits per heavy atom. The van der Waals surface area contributed by atoms with Gasteiger partial charge in [0.05, 0.1) is 24.9 Å². The molecule has 0 spiro atoms. The summed E-state index contributed by atoms with van der Waals surface area (Å²) in [6.07, 6.45) is 5.27. The van der Waals surface area contributed by atoms with Crippen LogP contribution in [0, 0.1) is 0 Å². The van der Waals surface area contributed by atoms with Crippen molar-refractivity contribution in [3.63, 3.8) is 0 Å². The van der Waals surface area contributed by atoms with E-state index in [1.54, 1.807) is 23.7 Å². The minimum Gasteiger partial charge on any atom is -0.459 e. The summed E-state index contributed by atoms with van der Waals surface area (Å²) in [5, 5.41) is 12.1. The molecule has 2 amide bonds. The fourth-order valence-electron chi connectivity index (χ4n) is 3.76. The molecule has 180 valence electrons. The number of aromatic nitrogens is 3. The Labute approximate surface area is 211 Å². The second-order valence-corrected chi connectivity index (χ2v) is 8.94. The number of hydrogen-bond acceptors (Lipinski definition) is 6. The quantitative estimate of drug-likeness (QED) is 0.306. The van der Waals surface area contributed by atoms with E-state index in [9.17, 15) is 9.59 Å². The maximum absolute atomic E-state index is 12.6. The molecule has 3 aromatic heterocycles. The molecule has 2 aromatic carbocycles. The van der Waals surface area contributed by atoms with Crippen molar-refractivity contribution in [2.45, 2.75) is 19.5 Å². The van der Waals surface area contributed by atoms with E-state index in [2.05, 4.69) is 51.0 Å². The summed E-state index contributed by atoms with van der Waals surface area (Å²) < 4.78 is 6.96. The smallest absolute Gasteiger partial charge is 0.293 e. The van der Waals surface area contributed by atoms with Crippen LogP contribution in [0.2, 0.25) is 0 Å². The average Bonchev–Trinajstić information content (AvgIpc) is 3.68. The standard InChI is InChI=1S/C27H23N5O3S/c33-25(15-22-18-36-27(30-22)31-26(34)24-7-3-14-35-24)28-16-21-5-1-2-6-23(21)20-10-8-19(9-11-20)17-32-13-4-12-29-32/h1-14,18H,15-17H2,(H,28,33)(H,30,31,34). The van der Waals surface area contributed by atoms with Crippen molar-refractivity contribution >= 4 is 28.3 Å². The van der Waals surface area contributed by atoms with Crippen molar-refractivity contribution < 1.29 is 14.0 Å². The number of carbonyl (C=O) groups is 2. The Morgan fingerprint density at radius 3 is 2.64 bits per heavy atom. The normalized spacial score (nSPS) is 10.8. The summed E-state index contributed by atoms with van der Waals surface area (Å²) in [6.45, 7) is 1.12. The fourth-order valence-corrected chi connectivity index (χ4v) is 4.46. The number of carbonyl (C=O) groups excluding carboxylic acids is 2. The molecule has 0 bridgehead atoms. The second kappa shape index (κ2) is 10.8. The maximum Gasteiger partial charge on any atom is 0.293 e. The van der Waals surface area contributed by atoms with Crippen molar-refractivity contribution in [1.29, 1.82) is 0 Å². The Morgan fingerprint density at radius 1 is 1.00 bits per heavy atom. The van der Waals surface area contributed by atoms with Crippen LogP contribution in [-0.2, 0) is 24.3 Å². The van der Waals surface area contributed by atoms with Gasteiger partial charge in [-0.15, -0.1) is 11.3 Å². The van der Waals surface area contributed by atoms with Crippen molar-refractivity contribution in [2.75, 3.05) is 5.32 Å². The number of nitrogens with one attached hydrogen (secondary N) is 2. The van der Waals surface area contributed by atoms with Gasteiger partial charge in [0.25, 0.3) is 5.91 Å². The second-order valence-electron chi connectivity index (χ2n) is 8.09. The van der Waals surface area contributed by atoms with Gasteiger partial charge in [0, 0.05) is 24.3 Å². The molecule has 8 nitrogen and oxygen atoms in total. The van der Waals surface area contributed by atoms with Gasteiger partial charge in [0.15, 0.2) is 10.9 Å². The van der Waals surface area contributed by atoms with E-state index in [0.717, 1.165) is 28.8 Å². The molecule has 0 aliphatic heterocycles. The molecule has 0 saturated heterocycles. The summed E-state index contributed by atoms with van der Waals surface area (Å²) in [5.41, 5.74) is 4.93. The highest BCUT2D eigenvalue weighted by Gasteiger charge is 2.13. The molecule has 0 fully saturated rings. The number of hydrogen-bond donors (Lipinski definition) is 2. The SMILES string of the molecule is O=C(Cc1csc(NC(=O)c2ccco2)n1)NCc1ccccc1-c1ccc(Cn2cccn2)cc1. The van der Waals surface area contributed by atoms with E-state index < -0.39 is 0 Å². The Balaban J connectivity index is 1.17. The van der Waals surface area contributed by atoms with Gasteiger partial charge < -0.3 is 9.73 Å². The van der Waals surface area contributed by atoms with E-state index in [1.807, 2.05) is 35.1 Å². The van der Waals surface area contributed by atoms with Crippen LogP contribution < -0.4 is 10.6 Å². The molecular formula is C27H23N5O3S. The predicted octanol–water partition coefficient (Wildman–Crippen LogP) is 4.76. The first-order valence-corrected chi connectivity index (χ1v) is 12.2. The zero-order chi connectivity index (χ0) is 24.7. The molecule has 0 unspecified atom stereocenters. The average molecular weight is 498 g/mol. The van der Waals surface area contributed by atoms with Crippen molar-refractivity contribution in [2.24, 2.45) is 0 Å². The van der Waals surface area contributed by atoms with Crippen molar-refractivity contribution in [1.82, 2.24) is 20.1 Å². The van der Waals surface area contributed by atoms with Gasteiger partial charge in [-0.1, -0.05) is 48.5 Å². The molecule has 5 aromatic rings. The van der Waals surface area contributed by atoms with E-state index in [1.165, 1.54) is 17.6 Å². The Hall–Kier alpha value is -4.50. The summed E-state index contributed by atoms with van der Waals surface area (Å²) in [7, 11) is 0. The molecule has 0 aliphatic rings. The lowest BCUT2D eigenvalue weighted by Gasteiger charge is -2.12. The first-order valence-electron chi connectivity index (χ1n) is 11.3. The number of thiazole rings is 1. The van der Waals surface area contributed by atoms with E-state index in [-0.39, 0.29) is 24.0 Å². The summed E-state index contributed by atoms with van der Waals surface area (Å²) >= 11 is 1.26. The van der Waals surface area contributed by atoms with Crippen LogP contribution in [0.15, 0.2) is 95.2 Å². The summed E-state index contributed by atoms with van der Waals surface area (Å²) in [5.74, 6) is -0.319. The Kier molecular flexibility index (Phi) is 7.00. The van der Waals surface area contributed by atoms with Crippen LogP contribution in [0.3, 0.4) is 0 Å². The third kappa shape index (κ3) is 5.76. The molecule has 0 atom stereocenters. The molecule has 0 saturated carbocycles. The topological polar surface area (TPSA) is 102 Å². The van der Waals surface area contributed by atoms with Crippen LogP contribution in [0.4, 0.5) is 5.13 Å². The third-order valence-electron chi connectivity index (χ3n) is 5.52. The molecule has 5 rings (SSSR count). The van der Waals surface area contributed by atoms with Crippen LogP contribution in [0.5, 0.6) is 0 Å². The van der Waals surface area contributed by atoms with Crippen LogP contribution >= 0.6 is 11.3 Å². The van der Waals surface area contributed by atoms with Gasteiger partial charge in [-0.3, -0.25) is 19.6 Å². The number of benzene rings is 2. The number of rotatable bonds is 9. The molecule has 9 heteroatoms. The lowest BCUT2D eigenvalue weighted by molar-refractivity contribution is -0.120. The predicted molar refractivity (Wildman–Crippen MR) is 138 cm³/mol. The first kappa shape index (κ1) is 23.3. The van der Waals surface area contributed by atoms with Crippen LogP contribution in [-0.4, -0.2) is 26.6 Å². The fraction of sp³-hybridized carbons (Fsp3) is 0.111. The molecule has 0 radical (unpaired) electrons. The number of amides is 2. The van der Waals surface area contributed by atoms with Gasteiger partial charge >= 0.3 is 0 Å². The van der Waals surface area contributed by atoms with E-state index in [4.69, 9.17) is 4.42 Å². The zero-order valence-electron chi connectivity index (χ0n) is 19.3. The highest BCUT2D eigenvalue weighted by atomic mass is 32.1. The van der Waals surface area contributed by atoms with Gasteiger partial charge in [0.2, 0.25) is 5.91 Å². The molecule has 36 heavy (non-hydrogen) atoms. The van der Waals surface area contributed by atoms with E-state index >= 15 is 0 Å². The summed E-state index contributed by atoms with van der Waals surface area (Å²) in [4.78, 5) is 29.0. The van der Waals surface area contributed by atoms with Gasteiger partial charge in [-0.05, 0) is 40.5 Å². The molecule has 2 N–H and O–H groups in total. The maximum atomic E-state index is 12.6. The largest absolute Gasteiger partial charge is 0.459 e. The van der Waals surface area contributed by atoms with Crippen LogP contribution in [0.25, 0.3) is 11.1 Å². The number of nitrogens with zero attached hydrogens (tertiary/aromatic N) is 3. The summed E-state index contributed by atoms with van der Waals surface area (Å²) in [6, 6.07) is 21.5. The first-order chi connectivity index (χ1) is 17.6. The zero-order valence-corrected chi connectivity index (χ0v) is 20.1. The molecule has 0 aliphatic carbocycles. The third-order valence-corrected chi connectivity index (χ3v) is 6.33. The molecule has 3 heterocycles.